The smallest absolute Gasteiger partial charge is 0.142 e. The molecule has 2 N–H and O–H groups in total. The molecule has 106 valence electrons. The fraction of sp³-hybridized carbons (Fsp3) is 0.625. The summed E-state index contributed by atoms with van der Waals surface area (Å²) in [7, 11) is 0. The molecule has 3 heteroatoms. The van der Waals surface area contributed by atoms with E-state index in [-0.39, 0.29) is 0 Å². The van der Waals surface area contributed by atoms with E-state index in [4.69, 9.17) is 10.5 Å². The zero-order valence-corrected chi connectivity index (χ0v) is 12.0. The molecule has 0 spiro atoms. The summed E-state index contributed by atoms with van der Waals surface area (Å²) in [5.74, 6) is 0.807. The van der Waals surface area contributed by atoms with Crippen LogP contribution >= 0.6 is 0 Å². The maximum absolute atomic E-state index is 6.00. The van der Waals surface area contributed by atoms with Gasteiger partial charge in [-0.2, -0.15) is 0 Å². The molecule has 1 saturated heterocycles. The van der Waals surface area contributed by atoms with Gasteiger partial charge >= 0.3 is 0 Å². The van der Waals surface area contributed by atoms with Crippen molar-refractivity contribution in [3.63, 3.8) is 0 Å². The molecule has 1 aliphatic rings. The molecule has 0 radical (unpaired) electrons. The van der Waals surface area contributed by atoms with Gasteiger partial charge in [0.2, 0.25) is 0 Å². The van der Waals surface area contributed by atoms with Gasteiger partial charge in [-0.15, -0.1) is 0 Å². The highest BCUT2D eigenvalue weighted by Crippen LogP contribution is 2.23. The van der Waals surface area contributed by atoms with Crippen LogP contribution in [0, 0.1) is 0 Å². The molecule has 0 saturated carbocycles. The van der Waals surface area contributed by atoms with Gasteiger partial charge < -0.3 is 15.4 Å². The predicted octanol–water partition coefficient (Wildman–Crippen LogP) is 3.09. The molecule has 19 heavy (non-hydrogen) atoms. The van der Waals surface area contributed by atoms with E-state index >= 15 is 0 Å². The average Bonchev–Trinajstić information content (AvgIpc) is 2.68. The van der Waals surface area contributed by atoms with E-state index in [2.05, 4.69) is 17.0 Å². The van der Waals surface area contributed by atoms with Crippen LogP contribution in [0.5, 0.6) is 5.75 Å². The normalized spacial score (nSPS) is 17.1. The third kappa shape index (κ3) is 4.43. The second kappa shape index (κ2) is 7.39. The minimum absolute atomic E-state index is 0.664. The van der Waals surface area contributed by atoms with Gasteiger partial charge in [-0.25, -0.2) is 0 Å². The fourth-order valence-electron chi connectivity index (χ4n) is 2.69. The molecule has 1 aromatic carbocycles. The highest BCUT2D eigenvalue weighted by Gasteiger charge is 2.09. The van der Waals surface area contributed by atoms with Crippen LogP contribution in [-0.4, -0.2) is 31.1 Å². The molecule has 1 heterocycles. The largest absolute Gasteiger partial charge is 0.492 e. The summed E-state index contributed by atoms with van der Waals surface area (Å²) in [6, 6.07) is 6.19. The molecule has 3 nitrogen and oxygen atoms in total. The van der Waals surface area contributed by atoms with Gasteiger partial charge in [0.05, 0.1) is 12.3 Å². The Morgan fingerprint density at radius 2 is 1.89 bits per heavy atom. The predicted molar refractivity (Wildman–Crippen MR) is 80.6 cm³/mol. The molecular weight excluding hydrogens is 236 g/mol. The van der Waals surface area contributed by atoms with Crippen LogP contribution in [0.3, 0.4) is 0 Å². The molecular formula is C16H26N2O. The first-order valence-electron chi connectivity index (χ1n) is 7.53. The van der Waals surface area contributed by atoms with Gasteiger partial charge in [0.25, 0.3) is 0 Å². The van der Waals surface area contributed by atoms with Gasteiger partial charge in [-0.05, 0) is 57.0 Å². The number of benzene rings is 1. The summed E-state index contributed by atoms with van der Waals surface area (Å²) in [6.07, 6.45) is 6.58. The van der Waals surface area contributed by atoms with Crippen molar-refractivity contribution in [3.05, 3.63) is 23.8 Å². The number of anilines is 1. The molecule has 1 aliphatic heterocycles. The number of hydrogen-bond acceptors (Lipinski definition) is 3. The van der Waals surface area contributed by atoms with Crippen molar-refractivity contribution in [1.29, 1.82) is 0 Å². The van der Waals surface area contributed by atoms with Crippen LogP contribution in [0.2, 0.25) is 0 Å². The Balaban J connectivity index is 1.86. The molecule has 0 atom stereocenters. The molecule has 0 aromatic heterocycles. The Morgan fingerprint density at radius 3 is 2.53 bits per heavy atom. The van der Waals surface area contributed by atoms with Crippen LogP contribution in [0.15, 0.2) is 18.2 Å². The minimum atomic E-state index is 0.664. The third-order valence-electron chi connectivity index (χ3n) is 3.79. The number of ether oxygens (including phenoxy) is 1. The summed E-state index contributed by atoms with van der Waals surface area (Å²) < 4.78 is 5.47. The lowest BCUT2D eigenvalue weighted by atomic mass is 10.1. The highest BCUT2D eigenvalue weighted by molar-refractivity contribution is 5.54. The first-order chi connectivity index (χ1) is 9.29. The summed E-state index contributed by atoms with van der Waals surface area (Å²) in [4.78, 5) is 2.58. The van der Waals surface area contributed by atoms with Crippen molar-refractivity contribution in [2.45, 2.75) is 39.0 Å². The van der Waals surface area contributed by atoms with Crippen LogP contribution in [0.25, 0.3) is 0 Å². The zero-order chi connectivity index (χ0) is 13.5. The Labute approximate surface area is 116 Å². The van der Waals surface area contributed by atoms with Crippen molar-refractivity contribution >= 4 is 5.69 Å². The Bertz CT molecular complexity index is 384. The quantitative estimate of drug-likeness (QED) is 0.829. The summed E-state index contributed by atoms with van der Waals surface area (Å²) in [5.41, 5.74) is 8.07. The number of hydrogen-bond donors (Lipinski definition) is 1. The van der Waals surface area contributed by atoms with E-state index in [9.17, 15) is 0 Å². The lowest BCUT2D eigenvalue weighted by Gasteiger charge is -2.19. The lowest BCUT2D eigenvalue weighted by molar-refractivity contribution is 0.289. The molecule has 0 unspecified atom stereocenters. The van der Waals surface area contributed by atoms with Crippen LogP contribution in [-0.2, 0) is 6.42 Å². The van der Waals surface area contributed by atoms with Crippen molar-refractivity contribution in [2.24, 2.45) is 0 Å². The second-order valence-electron chi connectivity index (χ2n) is 5.31. The molecule has 0 aliphatic carbocycles. The Kier molecular flexibility index (Phi) is 5.52. The molecule has 1 aromatic rings. The lowest BCUT2D eigenvalue weighted by Crippen LogP contribution is -2.26. The third-order valence-corrected chi connectivity index (χ3v) is 3.79. The van der Waals surface area contributed by atoms with Crippen molar-refractivity contribution in [1.82, 2.24) is 4.90 Å². The van der Waals surface area contributed by atoms with Gasteiger partial charge in [0.1, 0.15) is 5.75 Å². The Hall–Kier alpha value is -1.22. The molecule has 2 rings (SSSR count). The van der Waals surface area contributed by atoms with Gasteiger partial charge in [0, 0.05) is 6.54 Å². The van der Waals surface area contributed by atoms with Crippen molar-refractivity contribution in [3.8, 4) is 5.75 Å². The summed E-state index contributed by atoms with van der Waals surface area (Å²) >= 11 is 0. The van der Waals surface area contributed by atoms with E-state index in [1.54, 1.807) is 0 Å². The number of likely N-dealkylation sites (tertiary alicyclic amines) is 1. The van der Waals surface area contributed by atoms with E-state index in [0.29, 0.717) is 6.61 Å². The number of nitrogen functional groups attached to an aromatic ring is 1. The van der Waals surface area contributed by atoms with Crippen LogP contribution in [0.1, 0.15) is 38.2 Å². The maximum Gasteiger partial charge on any atom is 0.142 e. The monoisotopic (exact) mass is 262 g/mol. The minimum Gasteiger partial charge on any atom is -0.492 e. The van der Waals surface area contributed by atoms with Crippen molar-refractivity contribution in [2.75, 3.05) is 32.0 Å². The number of nitrogens with two attached hydrogens (primary N) is 1. The maximum atomic E-state index is 6.00. The first kappa shape index (κ1) is 14.2. The highest BCUT2D eigenvalue weighted by atomic mass is 16.5. The topological polar surface area (TPSA) is 38.5 Å². The van der Waals surface area contributed by atoms with Gasteiger partial charge in [0.15, 0.2) is 0 Å². The molecule has 0 bridgehead atoms. The first-order valence-corrected chi connectivity index (χ1v) is 7.53. The fourth-order valence-corrected chi connectivity index (χ4v) is 2.69. The van der Waals surface area contributed by atoms with Gasteiger partial charge in [-0.1, -0.05) is 18.9 Å². The zero-order valence-electron chi connectivity index (χ0n) is 12.0. The average molecular weight is 262 g/mol. The van der Waals surface area contributed by atoms with E-state index in [1.165, 1.54) is 44.3 Å². The van der Waals surface area contributed by atoms with Gasteiger partial charge in [-0.3, -0.25) is 0 Å². The number of rotatable bonds is 5. The standard InChI is InChI=1S/C16H26N2O/c1-2-19-16-8-7-14(13-15(16)17)9-12-18-10-5-3-4-6-11-18/h7-8,13H,2-6,9-12,17H2,1H3. The number of nitrogens with zero attached hydrogens (tertiary/aromatic N) is 1. The van der Waals surface area contributed by atoms with E-state index in [0.717, 1.165) is 24.4 Å². The van der Waals surface area contributed by atoms with E-state index < -0.39 is 0 Å². The molecule has 1 fully saturated rings. The van der Waals surface area contributed by atoms with Crippen molar-refractivity contribution < 1.29 is 4.74 Å². The molecule has 0 amide bonds. The van der Waals surface area contributed by atoms with Crippen LogP contribution in [0.4, 0.5) is 5.69 Å². The second-order valence-corrected chi connectivity index (χ2v) is 5.31. The van der Waals surface area contributed by atoms with E-state index in [1.807, 2.05) is 13.0 Å². The summed E-state index contributed by atoms with van der Waals surface area (Å²) in [5, 5.41) is 0. The summed E-state index contributed by atoms with van der Waals surface area (Å²) in [6.45, 7) is 6.30. The Morgan fingerprint density at radius 1 is 1.16 bits per heavy atom. The SMILES string of the molecule is CCOc1ccc(CCN2CCCCCC2)cc1N. The van der Waals surface area contributed by atoms with Crippen LogP contribution < -0.4 is 10.5 Å².